The number of alkyl halides is 2. The number of carbonyl (C=O) groups is 1. The average Bonchev–Trinajstić information content (AvgIpc) is 2.78. The molecule has 1 fully saturated rings. The quantitative estimate of drug-likeness (QED) is 0.881. The highest BCUT2D eigenvalue weighted by atomic mass is 32.2. The van der Waals surface area contributed by atoms with Gasteiger partial charge in [0.2, 0.25) is 0 Å². The Bertz CT molecular complexity index is 444. The maximum absolute atomic E-state index is 12.2. The molecule has 0 radical (unpaired) electrons. The fourth-order valence-electron chi connectivity index (χ4n) is 1.69. The number of rotatable bonds is 4. The lowest BCUT2D eigenvalue weighted by Crippen LogP contribution is -2.33. The van der Waals surface area contributed by atoms with Gasteiger partial charge in [0, 0.05) is 11.3 Å². The standard InChI is InChI=1S/C11H11F2NO3S/c12-11(13)17-8-4-2-1-3-6(8)9-14-7(5-18-9)10(15)16/h1-4,7,9,11,14H,5H2,(H,15,16)/t7-,9?/m0/s1. The predicted octanol–water partition coefficient (Wildman–Crippen LogP) is 2.08. The van der Waals surface area contributed by atoms with E-state index in [9.17, 15) is 13.6 Å². The van der Waals surface area contributed by atoms with Crippen LogP contribution in [0.2, 0.25) is 0 Å². The number of hydrogen-bond acceptors (Lipinski definition) is 4. The number of aliphatic carboxylic acids is 1. The Labute approximate surface area is 106 Å². The Kier molecular flexibility index (Phi) is 4.03. The van der Waals surface area contributed by atoms with Crippen LogP contribution >= 0.6 is 11.8 Å². The zero-order chi connectivity index (χ0) is 13.1. The highest BCUT2D eigenvalue weighted by Gasteiger charge is 2.32. The SMILES string of the molecule is O=C(O)[C@@H]1CSC(c2ccccc2OC(F)F)N1. The second kappa shape index (κ2) is 5.53. The van der Waals surface area contributed by atoms with E-state index in [4.69, 9.17) is 5.11 Å². The minimum absolute atomic E-state index is 0.0727. The van der Waals surface area contributed by atoms with Gasteiger partial charge in [0.1, 0.15) is 11.8 Å². The number of benzene rings is 1. The zero-order valence-corrected chi connectivity index (χ0v) is 9.99. The molecular weight excluding hydrogens is 264 g/mol. The van der Waals surface area contributed by atoms with Crippen LogP contribution in [0.3, 0.4) is 0 Å². The van der Waals surface area contributed by atoms with E-state index < -0.39 is 18.6 Å². The van der Waals surface area contributed by atoms with Crippen molar-refractivity contribution < 1.29 is 23.4 Å². The van der Waals surface area contributed by atoms with Gasteiger partial charge in [0.25, 0.3) is 0 Å². The maximum Gasteiger partial charge on any atom is 0.387 e. The summed E-state index contributed by atoms with van der Waals surface area (Å²) in [5, 5.41) is 11.4. The van der Waals surface area contributed by atoms with Crippen LogP contribution in [0, 0.1) is 0 Å². The Balaban J connectivity index is 2.16. The minimum atomic E-state index is -2.90. The van der Waals surface area contributed by atoms with Gasteiger partial charge >= 0.3 is 12.6 Å². The molecule has 1 unspecified atom stereocenters. The Morgan fingerprint density at radius 2 is 2.22 bits per heavy atom. The highest BCUT2D eigenvalue weighted by Crippen LogP contribution is 2.37. The van der Waals surface area contributed by atoms with E-state index in [-0.39, 0.29) is 11.1 Å². The molecule has 0 aromatic heterocycles. The number of thioether (sulfide) groups is 1. The summed E-state index contributed by atoms with van der Waals surface area (Å²) in [5.74, 6) is -0.482. The van der Waals surface area contributed by atoms with Gasteiger partial charge in [0.05, 0.1) is 5.37 Å². The van der Waals surface area contributed by atoms with Crippen LogP contribution in [0.25, 0.3) is 0 Å². The van der Waals surface area contributed by atoms with Crippen molar-refractivity contribution in [2.45, 2.75) is 18.0 Å². The van der Waals surface area contributed by atoms with Crippen molar-refractivity contribution >= 4 is 17.7 Å². The second-order valence-electron chi connectivity index (χ2n) is 3.69. The molecule has 1 saturated heterocycles. The minimum Gasteiger partial charge on any atom is -0.480 e. The second-order valence-corrected chi connectivity index (χ2v) is 4.83. The molecule has 7 heteroatoms. The van der Waals surface area contributed by atoms with E-state index in [2.05, 4.69) is 10.1 Å². The molecule has 0 spiro atoms. The first-order valence-corrected chi connectivity index (χ1v) is 6.27. The molecule has 2 rings (SSSR count). The van der Waals surface area contributed by atoms with Gasteiger partial charge in [-0.3, -0.25) is 10.1 Å². The fourth-order valence-corrected chi connectivity index (χ4v) is 2.95. The predicted molar refractivity (Wildman–Crippen MR) is 62.8 cm³/mol. The number of nitrogens with one attached hydrogen (secondary N) is 1. The van der Waals surface area contributed by atoms with Gasteiger partial charge in [-0.15, -0.1) is 11.8 Å². The normalized spacial score (nSPS) is 23.3. The smallest absolute Gasteiger partial charge is 0.387 e. The lowest BCUT2D eigenvalue weighted by atomic mass is 10.2. The van der Waals surface area contributed by atoms with Crippen molar-refractivity contribution in [3.8, 4) is 5.75 Å². The summed E-state index contributed by atoms with van der Waals surface area (Å²) in [7, 11) is 0. The van der Waals surface area contributed by atoms with Crippen LogP contribution in [0.5, 0.6) is 5.75 Å². The number of carboxylic acid groups (broad SMARTS) is 1. The third-order valence-electron chi connectivity index (χ3n) is 2.50. The van der Waals surface area contributed by atoms with E-state index in [0.717, 1.165) is 0 Å². The van der Waals surface area contributed by atoms with Crippen molar-refractivity contribution in [2.75, 3.05) is 5.75 Å². The lowest BCUT2D eigenvalue weighted by Gasteiger charge is -2.15. The first-order chi connectivity index (χ1) is 8.58. The van der Waals surface area contributed by atoms with Crippen molar-refractivity contribution in [1.29, 1.82) is 0 Å². The topological polar surface area (TPSA) is 58.6 Å². The van der Waals surface area contributed by atoms with Gasteiger partial charge < -0.3 is 9.84 Å². The van der Waals surface area contributed by atoms with Crippen molar-refractivity contribution in [1.82, 2.24) is 5.32 Å². The molecule has 1 heterocycles. The highest BCUT2D eigenvalue weighted by molar-refractivity contribution is 7.99. The van der Waals surface area contributed by atoms with Crippen molar-refractivity contribution in [3.63, 3.8) is 0 Å². The monoisotopic (exact) mass is 275 g/mol. The van der Waals surface area contributed by atoms with Gasteiger partial charge in [-0.2, -0.15) is 8.78 Å². The molecule has 0 aliphatic carbocycles. The molecule has 0 amide bonds. The van der Waals surface area contributed by atoms with Crippen LogP contribution in [-0.2, 0) is 4.79 Å². The molecule has 1 aromatic carbocycles. The molecule has 4 nitrogen and oxygen atoms in total. The van der Waals surface area contributed by atoms with E-state index in [1.54, 1.807) is 18.2 Å². The number of para-hydroxylation sites is 1. The summed E-state index contributed by atoms with van der Waals surface area (Å²) in [6.45, 7) is -2.90. The molecule has 2 atom stereocenters. The molecule has 0 saturated carbocycles. The largest absolute Gasteiger partial charge is 0.480 e. The summed E-state index contributed by atoms with van der Waals surface area (Å²) in [6, 6.07) is 5.71. The van der Waals surface area contributed by atoms with E-state index in [1.165, 1.54) is 17.8 Å². The van der Waals surface area contributed by atoms with Gasteiger partial charge in [0.15, 0.2) is 0 Å². The van der Waals surface area contributed by atoms with Crippen LogP contribution < -0.4 is 10.1 Å². The van der Waals surface area contributed by atoms with E-state index in [1.807, 2.05) is 0 Å². The summed E-state index contributed by atoms with van der Waals surface area (Å²) in [4.78, 5) is 10.8. The Morgan fingerprint density at radius 1 is 1.50 bits per heavy atom. The molecule has 98 valence electrons. The molecule has 1 aliphatic heterocycles. The first-order valence-electron chi connectivity index (χ1n) is 5.22. The van der Waals surface area contributed by atoms with E-state index >= 15 is 0 Å². The summed E-state index contributed by atoms with van der Waals surface area (Å²) < 4.78 is 28.9. The number of carboxylic acids is 1. The third-order valence-corrected chi connectivity index (χ3v) is 3.75. The Hall–Kier alpha value is -1.34. The first kappa shape index (κ1) is 13.1. The van der Waals surface area contributed by atoms with Crippen LogP contribution in [0.15, 0.2) is 24.3 Å². The third kappa shape index (κ3) is 2.91. The van der Waals surface area contributed by atoms with E-state index in [0.29, 0.717) is 11.3 Å². The molecule has 1 aromatic rings. The molecule has 18 heavy (non-hydrogen) atoms. The molecule has 1 aliphatic rings. The molecular formula is C11H11F2NO3S. The van der Waals surface area contributed by atoms with Gasteiger partial charge in [-0.25, -0.2) is 0 Å². The Morgan fingerprint density at radius 3 is 2.83 bits per heavy atom. The maximum atomic E-state index is 12.2. The van der Waals surface area contributed by atoms with Crippen molar-refractivity contribution in [2.24, 2.45) is 0 Å². The molecule has 0 bridgehead atoms. The lowest BCUT2D eigenvalue weighted by molar-refractivity contribution is -0.138. The summed E-state index contributed by atoms with van der Waals surface area (Å²) >= 11 is 1.36. The average molecular weight is 275 g/mol. The van der Waals surface area contributed by atoms with Crippen LogP contribution in [0.4, 0.5) is 8.78 Å². The fraction of sp³-hybridized carbons (Fsp3) is 0.364. The van der Waals surface area contributed by atoms with Gasteiger partial charge in [-0.05, 0) is 6.07 Å². The van der Waals surface area contributed by atoms with Crippen LogP contribution in [-0.4, -0.2) is 29.5 Å². The summed E-state index contributed by atoms with van der Waals surface area (Å²) in [6.07, 6.45) is 0. The number of hydrogen-bond donors (Lipinski definition) is 2. The van der Waals surface area contributed by atoms with Crippen LogP contribution in [0.1, 0.15) is 10.9 Å². The summed E-state index contributed by atoms with van der Waals surface area (Å²) in [5.41, 5.74) is 0.534. The number of halogens is 2. The van der Waals surface area contributed by atoms with Gasteiger partial charge in [-0.1, -0.05) is 18.2 Å². The number of ether oxygens (including phenoxy) is 1. The molecule has 2 N–H and O–H groups in total. The zero-order valence-electron chi connectivity index (χ0n) is 9.18. The van der Waals surface area contributed by atoms with Crippen molar-refractivity contribution in [3.05, 3.63) is 29.8 Å².